The van der Waals surface area contributed by atoms with Crippen LogP contribution >= 0.6 is 0 Å². The van der Waals surface area contributed by atoms with Crippen molar-refractivity contribution in [3.8, 4) is 0 Å². The number of hydrogen-bond donors (Lipinski definition) is 0. The molecule has 0 aliphatic carbocycles. The summed E-state index contributed by atoms with van der Waals surface area (Å²) in [5.41, 5.74) is 0.555. The van der Waals surface area contributed by atoms with E-state index in [4.69, 9.17) is 0 Å². The highest BCUT2D eigenvalue weighted by Crippen LogP contribution is 2.14. The first kappa shape index (κ1) is 13.2. The van der Waals surface area contributed by atoms with Gasteiger partial charge in [-0.25, -0.2) is 0 Å². The molecule has 0 bridgehead atoms. The van der Waals surface area contributed by atoms with E-state index in [9.17, 15) is 0 Å². The molecule has 88 valence electrons. The maximum atomic E-state index is 2.44. The molecule has 2 heteroatoms. The van der Waals surface area contributed by atoms with Gasteiger partial charge in [-0.2, -0.15) is 0 Å². The van der Waals surface area contributed by atoms with Gasteiger partial charge in [0.15, 0.2) is 0 Å². The SMILES string of the molecule is C/C=C/C(N(C)C)[Si](C)(C)c1ccccc1. The van der Waals surface area contributed by atoms with Gasteiger partial charge in [0.05, 0.1) is 0 Å². The molecule has 1 rings (SSSR count). The molecule has 0 radical (unpaired) electrons. The molecular weight excluding hydrogens is 210 g/mol. The van der Waals surface area contributed by atoms with Crippen molar-refractivity contribution in [2.24, 2.45) is 0 Å². The van der Waals surface area contributed by atoms with Gasteiger partial charge in [0.25, 0.3) is 0 Å². The Morgan fingerprint density at radius 1 is 1.12 bits per heavy atom. The molecule has 0 heterocycles. The number of benzene rings is 1. The zero-order valence-corrected chi connectivity index (χ0v) is 12.1. The van der Waals surface area contributed by atoms with Crippen LogP contribution < -0.4 is 5.19 Å². The quantitative estimate of drug-likeness (QED) is 0.571. The van der Waals surface area contributed by atoms with Crippen LogP contribution in [-0.2, 0) is 0 Å². The third-order valence-electron chi connectivity index (χ3n) is 3.19. The second kappa shape index (κ2) is 5.46. The summed E-state index contributed by atoms with van der Waals surface area (Å²) in [6.07, 6.45) is 4.50. The summed E-state index contributed by atoms with van der Waals surface area (Å²) in [5.74, 6) is 0. The molecule has 0 fully saturated rings. The van der Waals surface area contributed by atoms with Crippen LogP contribution in [0.3, 0.4) is 0 Å². The molecule has 0 aliphatic rings. The fourth-order valence-corrected chi connectivity index (χ4v) is 5.64. The van der Waals surface area contributed by atoms with Crippen LogP contribution in [0.1, 0.15) is 6.92 Å². The van der Waals surface area contributed by atoms with E-state index < -0.39 is 8.07 Å². The fourth-order valence-electron chi connectivity index (χ4n) is 2.28. The van der Waals surface area contributed by atoms with Crippen LogP contribution in [0.5, 0.6) is 0 Å². The second-order valence-electron chi connectivity index (χ2n) is 5.02. The average molecular weight is 233 g/mol. The molecule has 1 atom stereocenters. The minimum absolute atomic E-state index is 0.555. The number of rotatable bonds is 4. The number of nitrogens with zero attached hydrogens (tertiary/aromatic N) is 1. The lowest BCUT2D eigenvalue weighted by atomic mass is 10.4. The largest absolute Gasteiger partial charge is 0.305 e. The van der Waals surface area contributed by atoms with Crippen molar-refractivity contribution in [3.63, 3.8) is 0 Å². The monoisotopic (exact) mass is 233 g/mol. The van der Waals surface area contributed by atoms with Crippen molar-refractivity contribution in [2.45, 2.75) is 25.7 Å². The van der Waals surface area contributed by atoms with Crippen molar-refractivity contribution in [1.29, 1.82) is 0 Å². The molecule has 0 spiro atoms. The minimum atomic E-state index is -1.45. The molecule has 0 saturated heterocycles. The van der Waals surface area contributed by atoms with E-state index in [0.717, 1.165) is 0 Å². The maximum absolute atomic E-state index is 2.44. The Bertz CT molecular complexity index is 341. The van der Waals surface area contributed by atoms with Gasteiger partial charge in [-0.3, -0.25) is 0 Å². The highest BCUT2D eigenvalue weighted by molar-refractivity contribution is 6.91. The molecule has 0 saturated carbocycles. The van der Waals surface area contributed by atoms with Gasteiger partial charge < -0.3 is 4.90 Å². The third-order valence-corrected chi connectivity index (χ3v) is 7.20. The van der Waals surface area contributed by atoms with E-state index >= 15 is 0 Å². The zero-order valence-electron chi connectivity index (χ0n) is 11.1. The van der Waals surface area contributed by atoms with Crippen LogP contribution in [0.2, 0.25) is 13.1 Å². The van der Waals surface area contributed by atoms with Gasteiger partial charge in [-0.05, 0) is 21.0 Å². The Kier molecular flexibility index (Phi) is 4.51. The number of allylic oxidation sites excluding steroid dienone is 1. The Morgan fingerprint density at radius 3 is 2.12 bits per heavy atom. The highest BCUT2D eigenvalue weighted by Gasteiger charge is 2.33. The van der Waals surface area contributed by atoms with Crippen molar-refractivity contribution in [1.82, 2.24) is 4.90 Å². The fraction of sp³-hybridized carbons (Fsp3) is 0.429. The number of hydrogen-bond acceptors (Lipinski definition) is 1. The summed E-state index contributed by atoms with van der Waals surface area (Å²) in [5, 5.41) is 1.52. The Balaban J connectivity index is 3.07. The van der Waals surface area contributed by atoms with Gasteiger partial charge in [-0.1, -0.05) is 60.8 Å². The van der Waals surface area contributed by atoms with Gasteiger partial charge in [0, 0.05) is 5.67 Å². The average Bonchev–Trinajstić information content (AvgIpc) is 2.26. The van der Waals surface area contributed by atoms with Crippen molar-refractivity contribution < 1.29 is 0 Å². The Hall–Kier alpha value is -0.863. The highest BCUT2D eigenvalue weighted by atomic mass is 28.3. The van der Waals surface area contributed by atoms with E-state index in [1.807, 2.05) is 0 Å². The molecule has 0 N–H and O–H groups in total. The van der Waals surface area contributed by atoms with Gasteiger partial charge in [0.1, 0.15) is 8.07 Å². The van der Waals surface area contributed by atoms with Crippen molar-refractivity contribution >= 4 is 13.3 Å². The topological polar surface area (TPSA) is 3.24 Å². The molecule has 1 nitrogen and oxygen atoms in total. The minimum Gasteiger partial charge on any atom is -0.305 e. The Morgan fingerprint density at radius 2 is 1.69 bits per heavy atom. The van der Waals surface area contributed by atoms with E-state index in [1.165, 1.54) is 5.19 Å². The van der Waals surface area contributed by atoms with E-state index in [1.54, 1.807) is 0 Å². The van der Waals surface area contributed by atoms with Crippen LogP contribution in [-0.4, -0.2) is 32.7 Å². The predicted octanol–water partition coefficient (Wildman–Crippen LogP) is 2.65. The molecule has 1 unspecified atom stereocenters. The summed E-state index contributed by atoms with van der Waals surface area (Å²) in [4.78, 5) is 2.33. The smallest absolute Gasteiger partial charge is 0.103 e. The first-order valence-corrected chi connectivity index (χ1v) is 8.92. The standard InChI is InChI=1S/C14H23NSi/c1-6-10-14(15(2)3)16(4,5)13-11-8-7-9-12-13/h6-12,14H,1-5H3/b10-6+. The van der Waals surface area contributed by atoms with E-state index in [-0.39, 0.29) is 0 Å². The molecule has 16 heavy (non-hydrogen) atoms. The van der Waals surface area contributed by atoms with Gasteiger partial charge in [-0.15, -0.1) is 0 Å². The molecule has 0 aliphatic heterocycles. The first-order chi connectivity index (χ1) is 7.50. The van der Waals surface area contributed by atoms with Gasteiger partial charge >= 0.3 is 0 Å². The van der Waals surface area contributed by atoms with E-state index in [0.29, 0.717) is 5.67 Å². The summed E-state index contributed by atoms with van der Waals surface area (Å²) in [6, 6.07) is 10.9. The van der Waals surface area contributed by atoms with Crippen LogP contribution in [0, 0.1) is 0 Å². The third kappa shape index (κ3) is 2.83. The van der Waals surface area contributed by atoms with Gasteiger partial charge in [0.2, 0.25) is 0 Å². The molecule has 1 aromatic carbocycles. The van der Waals surface area contributed by atoms with Crippen LogP contribution in [0.15, 0.2) is 42.5 Å². The Labute approximate surface area is 101 Å². The normalized spacial score (nSPS) is 14.6. The maximum Gasteiger partial charge on any atom is 0.103 e. The van der Waals surface area contributed by atoms with Crippen LogP contribution in [0.4, 0.5) is 0 Å². The van der Waals surface area contributed by atoms with Crippen molar-refractivity contribution in [3.05, 3.63) is 42.5 Å². The lowest BCUT2D eigenvalue weighted by Gasteiger charge is -2.35. The second-order valence-corrected chi connectivity index (χ2v) is 9.63. The summed E-state index contributed by atoms with van der Waals surface area (Å²) < 4.78 is 0. The molecule has 0 aromatic heterocycles. The lowest BCUT2D eigenvalue weighted by molar-refractivity contribution is 0.411. The van der Waals surface area contributed by atoms with E-state index in [2.05, 4.69) is 81.5 Å². The summed E-state index contributed by atoms with van der Waals surface area (Å²) >= 11 is 0. The van der Waals surface area contributed by atoms with Crippen LogP contribution in [0.25, 0.3) is 0 Å². The van der Waals surface area contributed by atoms with Crippen molar-refractivity contribution in [2.75, 3.05) is 14.1 Å². The molecule has 1 aromatic rings. The summed E-state index contributed by atoms with van der Waals surface area (Å²) in [6.45, 7) is 6.98. The molecule has 0 amide bonds. The lowest BCUT2D eigenvalue weighted by Crippen LogP contribution is -2.57. The zero-order chi connectivity index (χ0) is 12.2. The summed E-state index contributed by atoms with van der Waals surface area (Å²) in [7, 11) is 2.88. The first-order valence-electron chi connectivity index (χ1n) is 5.85. The number of likely N-dealkylation sites (N-methyl/N-ethyl adjacent to an activating group) is 1. The molecular formula is C14H23NSi. The predicted molar refractivity (Wildman–Crippen MR) is 75.8 cm³/mol.